The molecule has 1 aromatic rings. The molecule has 1 aliphatic rings. The standard InChI is InChI=1S/C14H20BrNOS/c1-10(18(2)17)9-16-14-7-12(8-14)11-4-3-5-13(15)6-11/h3-6,10,12,14,16H,7-9H2,1-2H3. The lowest BCUT2D eigenvalue weighted by Gasteiger charge is -2.37. The molecule has 0 radical (unpaired) electrons. The van der Waals surface area contributed by atoms with Crippen molar-refractivity contribution < 1.29 is 4.21 Å². The molecule has 2 nitrogen and oxygen atoms in total. The van der Waals surface area contributed by atoms with Crippen LogP contribution in [0.2, 0.25) is 0 Å². The minimum atomic E-state index is -0.721. The van der Waals surface area contributed by atoms with Gasteiger partial charge in [0.1, 0.15) is 0 Å². The van der Waals surface area contributed by atoms with Gasteiger partial charge in [0.05, 0.1) is 0 Å². The molecule has 0 bridgehead atoms. The third kappa shape index (κ3) is 3.65. The highest BCUT2D eigenvalue weighted by atomic mass is 79.9. The second kappa shape index (κ2) is 6.31. The van der Waals surface area contributed by atoms with Crippen LogP contribution in [0.5, 0.6) is 0 Å². The zero-order valence-corrected chi connectivity index (χ0v) is 13.3. The van der Waals surface area contributed by atoms with E-state index in [0.29, 0.717) is 12.0 Å². The Hall–Kier alpha value is -0.190. The molecule has 0 spiro atoms. The maximum absolute atomic E-state index is 11.3. The van der Waals surface area contributed by atoms with Crippen molar-refractivity contribution in [2.45, 2.75) is 37.0 Å². The molecule has 0 aromatic heterocycles. The van der Waals surface area contributed by atoms with Gasteiger partial charge in [-0.1, -0.05) is 28.1 Å². The lowest BCUT2D eigenvalue weighted by Crippen LogP contribution is -2.43. The Balaban J connectivity index is 1.76. The van der Waals surface area contributed by atoms with E-state index in [0.717, 1.165) is 11.0 Å². The fourth-order valence-corrected chi connectivity index (χ4v) is 3.02. The Morgan fingerprint density at radius 2 is 2.22 bits per heavy atom. The zero-order chi connectivity index (χ0) is 13.1. The van der Waals surface area contributed by atoms with E-state index < -0.39 is 10.8 Å². The first-order valence-electron chi connectivity index (χ1n) is 6.37. The van der Waals surface area contributed by atoms with Crippen LogP contribution in [0, 0.1) is 0 Å². The van der Waals surface area contributed by atoms with E-state index in [9.17, 15) is 4.21 Å². The number of benzene rings is 1. The van der Waals surface area contributed by atoms with Gasteiger partial charge in [0.15, 0.2) is 0 Å². The van der Waals surface area contributed by atoms with Crippen molar-refractivity contribution in [1.29, 1.82) is 0 Å². The van der Waals surface area contributed by atoms with Gasteiger partial charge in [-0.3, -0.25) is 4.21 Å². The first kappa shape index (κ1) is 14.2. The van der Waals surface area contributed by atoms with Crippen LogP contribution in [-0.4, -0.2) is 28.3 Å². The maximum Gasteiger partial charge on any atom is 0.0441 e. The van der Waals surface area contributed by atoms with Gasteiger partial charge in [0.2, 0.25) is 0 Å². The van der Waals surface area contributed by atoms with E-state index in [1.807, 2.05) is 6.92 Å². The summed E-state index contributed by atoms with van der Waals surface area (Å²) in [6.45, 7) is 2.90. The van der Waals surface area contributed by atoms with Crippen LogP contribution in [-0.2, 0) is 10.8 Å². The van der Waals surface area contributed by atoms with E-state index in [4.69, 9.17) is 0 Å². The minimum Gasteiger partial charge on any atom is -0.313 e. The first-order valence-corrected chi connectivity index (χ1v) is 8.78. The molecule has 100 valence electrons. The molecule has 18 heavy (non-hydrogen) atoms. The molecule has 1 aliphatic carbocycles. The molecule has 1 fully saturated rings. The van der Waals surface area contributed by atoms with Crippen LogP contribution < -0.4 is 5.32 Å². The third-order valence-electron chi connectivity index (χ3n) is 3.72. The van der Waals surface area contributed by atoms with Crippen molar-refractivity contribution in [2.24, 2.45) is 0 Å². The quantitative estimate of drug-likeness (QED) is 0.899. The van der Waals surface area contributed by atoms with Crippen molar-refractivity contribution in [2.75, 3.05) is 12.8 Å². The zero-order valence-electron chi connectivity index (χ0n) is 10.9. The van der Waals surface area contributed by atoms with E-state index in [1.54, 1.807) is 6.26 Å². The summed E-state index contributed by atoms with van der Waals surface area (Å²) in [7, 11) is -0.721. The molecule has 2 rings (SSSR count). The van der Waals surface area contributed by atoms with Crippen molar-refractivity contribution in [3.63, 3.8) is 0 Å². The minimum absolute atomic E-state index is 0.245. The predicted molar refractivity (Wildman–Crippen MR) is 81.4 cm³/mol. The molecule has 0 aliphatic heterocycles. The molecule has 1 saturated carbocycles. The number of hydrogen-bond acceptors (Lipinski definition) is 2. The molecule has 4 heteroatoms. The number of nitrogens with one attached hydrogen (secondary N) is 1. The fourth-order valence-electron chi connectivity index (χ4n) is 2.27. The third-order valence-corrected chi connectivity index (χ3v) is 5.51. The number of hydrogen-bond donors (Lipinski definition) is 1. The van der Waals surface area contributed by atoms with E-state index in [1.165, 1.54) is 18.4 Å². The highest BCUT2D eigenvalue weighted by molar-refractivity contribution is 9.10. The lowest BCUT2D eigenvalue weighted by molar-refractivity contribution is 0.292. The highest BCUT2D eigenvalue weighted by Gasteiger charge is 2.30. The summed E-state index contributed by atoms with van der Waals surface area (Å²) in [5.74, 6) is 0.683. The second-order valence-electron chi connectivity index (χ2n) is 5.14. The Kier molecular flexibility index (Phi) is 4.98. The van der Waals surface area contributed by atoms with Gasteiger partial charge in [-0.05, 0) is 43.4 Å². The molecule has 0 amide bonds. The van der Waals surface area contributed by atoms with Gasteiger partial charge in [-0.15, -0.1) is 0 Å². The smallest absolute Gasteiger partial charge is 0.0441 e. The Bertz CT molecular complexity index is 432. The summed E-state index contributed by atoms with van der Waals surface area (Å²) >= 11 is 3.52. The monoisotopic (exact) mass is 329 g/mol. The fraction of sp³-hybridized carbons (Fsp3) is 0.571. The van der Waals surface area contributed by atoms with Gasteiger partial charge in [0.25, 0.3) is 0 Å². The highest BCUT2D eigenvalue weighted by Crippen LogP contribution is 2.37. The van der Waals surface area contributed by atoms with Crippen molar-refractivity contribution >= 4 is 26.7 Å². The Morgan fingerprint density at radius 1 is 1.50 bits per heavy atom. The molecule has 1 aromatic carbocycles. The van der Waals surface area contributed by atoms with Gasteiger partial charge >= 0.3 is 0 Å². The predicted octanol–water partition coefficient (Wildman–Crippen LogP) is 3.05. The van der Waals surface area contributed by atoms with E-state index in [2.05, 4.69) is 45.5 Å². The molecule has 0 heterocycles. The molecule has 1 N–H and O–H groups in total. The molecular weight excluding hydrogens is 310 g/mol. The summed E-state index contributed by atoms with van der Waals surface area (Å²) in [5, 5.41) is 3.76. The van der Waals surface area contributed by atoms with Crippen molar-refractivity contribution in [3.05, 3.63) is 34.3 Å². The van der Waals surface area contributed by atoms with Crippen molar-refractivity contribution in [3.8, 4) is 0 Å². The van der Waals surface area contributed by atoms with Crippen LogP contribution in [0.15, 0.2) is 28.7 Å². The van der Waals surface area contributed by atoms with Gasteiger partial charge in [0, 0.05) is 39.4 Å². The summed E-state index contributed by atoms with van der Waals surface area (Å²) in [6, 6.07) is 9.18. The van der Waals surface area contributed by atoms with Gasteiger partial charge < -0.3 is 5.32 Å². The van der Waals surface area contributed by atoms with Crippen LogP contribution in [0.1, 0.15) is 31.2 Å². The lowest BCUT2D eigenvalue weighted by atomic mass is 9.76. The Labute approximate surface area is 120 Å². The van der Waals surface area contributed by atoms with Crippen LogP contribution >= 0.6 is 15.9 Å². The van der Waals surface area contributed by atoms with E-state index >= 15 is 0 Å². The normalized spacial score (nSPS) is 26.4. The van der Waals surface area contributed by atoms with Crippen LogP contribution in [0.3, 0.4) is 0 Å². The average Bonchev–Trinajstić information content (AvgIpc) is 2.26. The first-order chi connectivity index (χ1) is 8.56. The second-order valence-corrected chi connectivity index (χ2v) is 7.86. The topological polar surface area (TPSA) is 29.1 Å². The van der Waals surface area contributed by atoms with Crippen LogP contribution in [0.25, 0.3) is 0 Å². The van der Waals surface area contributed by atoms with E-state index in [-0.39, 0.29) is 5.25 Å². The summed E-state index contributed by atoms with van der Waals surface area (Å²) < 4.78 is 12.4. The summed E-state index contributed by atoms with van der Waals surface area (Å²) in [4.78, 5) is 0. The molecule has 2 unspecified atom stereocenters. The molecular formula is C14H20BrNOS. The molecule has 2 atom stereocenters. The Morgan fingerprint density at radius 3 is 2.83 bits per heavy atom. The SMILES string of the molecule is CC(CNC1CC(c2cccc(Br)c2)C1)S(C)=O. The number of halogens is 1. The van der Waals surface area contributed by atoms with Crippen molar-refractivity contribution in [1.82, 2.24) is 5.32 Å². The molecule has 0 saturated heterocycles. The van der Waals surface area contributed by atoms with Gasteiger partial charge in [-0.25, -0.2) is 0 Å². The average molecular weight is 330 g/mol. The maximum atomic E-state index is 11.3. The summed E-state index contributed by atoms with van der Waals surface area (Å²) in [5.41, 5.74) is 1.43. The summed E-state index contributed by atoms with van der Waals surface area (Å²) in [6.07, 6.45) is 4.16. The number of rotatable bonds is 5. The van der Waals surface area contributed by atoms with Gasteiger partial charge in [-0.2, -0.15) is 0 Å². The van der Waals surface area contributed by atoms with Crippen LogP contribution in [0.4, 0.5) is 0 Å². The largest absolute Gasteiger partial charge is 0.313 e.